The highest BCUT2D eigenvalue weighted by Gasteiger charge is 2.23. The molecule has 1 aromatic carbocycles. The third-order valence-electron chi connectivity index (χ3n) is 4.49. The normalized spacial score (nSPS) is 14.0. The molecular weight excluding hydrogens is 306 g/mol. The number of carbonyl (C=O) groups excluding carboxylic acids is 2. The van der Waals surface area contributed by atoms with Crippen molar-refractivity contribution in [3.8, 4) is 0 Å². The zero-order valence-electron chi connectivity index (χ0n) is 14.7. The van der Waals surface area contributed by atoms with Crippen LogP contribution in [0, 0.1) is 5.92 Å². The van der Waals surface area contributed by atoms with Crippen LogP contribution in [0.3, 0.4) is 0 Å². The monoisotopic (exact) mass is 333 g/mol. The first-order chi connectivity index (χ1) is 11.6. The standard InChI is InChI=1S/C18H27N3O3/c1-4-14(5-2)13-20(6-3)17(22)19-15-7-9-16(10-8-15)21-11-12-24-18(21)23/h7-10,14H,4-6,11-13H2,1-3H3,(H,19,22). The summed E-state index contributed by atoms with van der Waals surface area (Å²) in [6.45, 7) is 8.73. The molecule has 0 spiro atoms. The third-order valence-corrected chi connectivity index (χ3v) is 4.49. The van der Waals surface area contributed by atoms with Crippen LogP contribution in [0.5, 0.6) is 0 Å². The maximum Gasteiger partial charge on any atom is 0.414 e. The minimum atomic E-state index is -0.325. The highest BCUT2D eigenvalue weighted by Crippen LogP contribution is 2.21. The summed E-state index contributed by atoms with van der Waals surface area (Å²) in [7, 11) is 0. The van der Waals surface area contributed by atoms with Crippen molar-refractivity contribution in [3.63, 3.8) is 0 Å². The summed E-state index contributed by atoms with van der Waals surface area (Å²) in [6.07, 6.45) is 1.82. The summed E-state index contributed by atoms with van der Waals surface area (Å²) in [4.78, 5) is 27.4. The van der Waals surface area contributed by atoms with E-state index >= 15 is 0 Å². The Bertz CT molecular complexity index is 555. The van der Waals surface area contributed by atoms with E-state index in [-0.39, 0.29) is 12.1 Å². The van der Waals surface area contributed by atoms with E-state index in [1.165, 1.54) is 0 Å². The van der Waals surface area contributed by atoms with Crippen molar-refractivity contribution in [2.45, 2.75) is 33.6 Å². The van der Waals surface area contributed by atoms with Crippen molar-refractivity contribution in [2.75, 3.05) is 36.5 Å². The van der Waals surface area contributed by atoms with E-state index < -0.39 is 0 Å². The number of nitrogens with one attached hydrogen (secondary N) is 1. The Balaban J connectivity index is 1.96. The van der Waals surface area contributed by atoms with Gasteiger partial charge in [0.1, 0.15) is 6.61 Å². The maximum absolute atomic E-state index is 12.4. The average Bonchev–Trinajstić information content (AvgIpc) is 3.02. The zero-order chi connectivity index (χ0) is 17.5. The first-order valence-electron chi connectivity index (χ1n) is 8.69. The quantitative estimate of drug-likeness (QED) is 0.822. The highest BCUT2D eigenvalue weighted by atomic mass is 16.6. The number of urea groups is 1. The second kappa shape index (κ2) is 8.57. The second-order valence-electron chi connectivity index (χ2n) is 5.96. The molecule has 1 N–H and O–H groups in total. The summed E-state index contributed by atoms with van der Waals surface area (Å²) >= 11 is 0. The molecule has 1 fully saturated rings. The molecule has 0 saturated carbocycles. The van der Waals surface area contributed by atoms with Gasteiger partial charge in [0.05, 0.1) is 6.54 Å². The molecule has 0 aliphatic carbocycles. The van der Waals surface area contributed by atoms with Gasteiger partial charge < -0.3 is 15.0 Å². The fraction of sp³-hybridized carbons (Fsp3) is 0.556. The van der Waals surface area contributed by atoms with Crippen molar-refractivity contribution in [1.82, 2.24) is 4.90 Å². The lowest BCUT2D eigenvalue weighted by molar-refractivity contribution is 0.181. The smallest absolute Gasteiger partial charge is 0.414 e. The van der Waals surface area contributed by atoms with Gasteiger partial charge in [-0.3, -0.25) is 4.90 Å². The lowest BCUT2D eigenvalue weighted by Crippen LogP contribution is -2.38. The van der Waals surface area contributed by atoms with Gasteiger partial charge in [-0.2, -0.15) is 0 Å². The summed E-state index contributed by atoms with van der Waals surface area (Å²) in [5.74, 6) is 0.527. The molecule has 2 rings (SSSR count). The first-order valence-corrected chi connectivity index (χ1v) is 8.69. The van der Waals surface area contributed by atoms with Crippen LogP contribution >= 0.6 is 0 Å². The summed E-state index contributed by atoms with van der Waals surface area (Å²) in [6, 6.07) is 7.17. The fourth-order valence-electron chi connectivity index (χ4n) is 2.77. The van der Waals surface area contributed by atoms with Gasteiger partial charge in [0.15, 0.2) is 0 Å². The van der Waals surface area contributed by atoms with Crippen molar-refractivity contribution >= 4 is 23.5 Å². The molecule has 132 valence electrons. The van der Waals surface area contributed by atoms with E-state index in [9.17, 15) is 9.59 Å². The molecule has 0 atom stereocenters. The summed E-state index contributed by atoms with van der Waals surface area (Å²) in [5, 5.41) is 2.93. The van der Waals surface area contributed by atoms with Gasteiger partial charge in [-0.1, -0.05) is 26.7 Å². The van der Waals surface area contributed by atoms with E-state index in [0.717, 1.165) is 30.8 Å². The molecule has 1 aliphatic rings. The number of nitrogens with zero attached hydrogens (tertiary/aromatic N) is 2. The van der Waals surface area contributed by atoms with E-state index in [1.54, 1.807) is 4.90 Å². The largest absolute Gasteiger partial charge is 0.447 e. The van der Waals surface area contributed by atoms with E-state index in [1.807, 2.05) is 36.1 Å². The first kappa shape index (κ1) is 18.1. The topological polar surface area (TPSA) is 61.9 Å². The number of rotatable bonds is 7. The molecule has 0 unspecified atom stereocenters. The molecule has 1 aliphatic heterocycles. The molecule has 1 aromatic rings. The summed E-state index contributed by atoms with van der Waals surface area (Å²) < 4.78 is 4.93. The van der Waals surface area contributed by atoms with Gasteiger partial charge in [-0.15, -0.1) is 0 Å². The fourth-order valence-corrected chi connectivity index (χ4v) is 2.77. The number of benzene rings is 1. The van der Waals surface area contributed by atoms with Gasteiger partial charge in [-0.05, 0) is 37.1 Å². The van der Waals surface area contributed by atoms with Crippen LogP contribution in [0.15, 0.2) is 24.3 Å². The predicted octanol–water partition coefficient (Wildman–Crippen LogP) is 3.93. The molecule has 6 nitrogen and oxygen atoms in total. The van der Waals surface area contributed by atoms with Crippen molar-refractivity contribution < 1.29 is 14.3 Å². The molecular formula is C18H27N3O3. The van der Waals surface area contributed by atoms with Crippen molar-refractivity contribution in [2.24, 2.45) is 5.92 Å². The van der Waals surface area contributed by atoms with Gasteiger partial charge in [-0.25, -0.2) is 9.59 Å². The Morgan fingerprint density at radius 3 is 2.42 bits per heavy atom. The Labute approximate surface area is 143 Å². The highest BCUT2D eigenvalue weighted by molar-refractivity contribution is 5.91. The molecule has 24 heavy (non-hydrogen) atoms. The van der Waals surface area contributed by atoms with Crippen LogP contribution in [0.1, 0.15) is 33.6 Å². The van der Waals surface area contributed by atoms with E-state index in [2.05, 4.69) is 19.2 Å². The van der Waals surface area contributed by atoms with E-state index in [0.29, 0.717) is 25.6 Å². The Morgan fingerprint density at radius 1 is 1.25 bits per heavy atom. The van der Waals surface area contributed by atoms with Gasteiger partial charge in [0.25, 0.3) is 0 Å². The van der Waals surface area contributed by atoms with Crippen LogP contribution < -0.4 is 10.2 Å². The van der Waals surface area contributed by atoms with Gasteiger partial charge in [0, 0.05) is 24.5 Å². The molecule has 1 heterocycles. The molecule has 3 amide bonds. The molecule has 0 radical (unpaired) electrons. The summed E-state index contributed by atoms with van der Waals surface area (Å²) in [5.41, 5.74) is 1.50. The van der Waals surface area contributed by atoms with E-state index in [4.69, 9.17) is 4.74 Å². The lowest BCUT2D eigenvalue weighted by atomic mass is 10.0. The van der Waals surface area contributed by atoms with Crippen LogP contribution in [0.4, 0.5) is 21.0 Å². The number of amides is 3. The molecule has 6 heteroatoms. The van der Waals surface area contributed by atoms with Crippen LogP contribution in [-0.2, 0) is 4.74 Å². The second-order valence-corrected chi connectivity index (χ2v) is 5.96. The lowest BCUT2D eigenvalue weighted by Gasteiger charge is -2.25. The van der Waals surface area contributed by atoms with Gasteiger partial charge >= 0.3 is 12.1 Å². The number of hydrogen-bond donors (Lipinski definition) is 1. The Hall–Kier alpha value is -2.24. The number of anilines is 2. The Morgan fingerprint density at radius 2 is 1.92 bits per heavy atom. The number of carbonyl (C=O) groups is 2. The Kier molecular flexibility index (Phi) is 6.46. The molecule has 0 aromatic heterocycles. The predicted molar refractivity (Wildman–Crippen MR) is 95.5 cm³/mol. The molecule has 0 bridgehead atoms. The third kappa shape index (κ3) is 4.40. The number of hydrogen-bond acceptors (Lipinski definition) is 3. The number of cyclic esters (lactones) is 1. The van der Waals surface area contributed by atoms with Crippen LogP contribution in [0.25, 0.3) is 0 Å². The number of ether oxygens (including phenoxy) is 1. The van der Waals surface area contributed by atoms with Crippen LogP contribution in [-0.4, -0.2) is 43.3 Å². The SMILES string of the molecule is CCC(CC)CN(CC)C(=O)Nc1ccc(N2CCOC2=O)cc1. The average molecular weight is 333 g/mol. The van der Waals surface area contributed by atoms with Crippen molar-refractivity contribution in [3.05, 3.63) is 24.3 Å². The van der Waals surface area contributed by atoms with Gasteiger partial charge in [0.2, 0.25) is 0 Å². The minimum absolute atomic E-state index is 0.0854. The van der Waals surface area contributed by atoms with Crippen LogP contribution in [0.2, 0.25) is 0 Å². The maximum atomic E-state index is 12.4. The van der Waals surface area contributed by atoms with Crippen molar-refractivity contribution in [1.29, 1.82) is 0 Å². The molecule has 1 saturated heterocycles. The minimum Gasteiger partial charge on any atom is -0.447 e. The zero-order valence-corrected chi connectivity index (χ0v) is 14.7.